The molecule has 4 rings (SSSR count). The first kappa shape index (κ1) is 21.7. The number of nitriles is 1. The van der Waals surface area contributed by atoms with Crippen LogP contribution in [0, 0.1) is 18.3 Å². The quantitative estimate of drug-likeness (QED) is 0.686. The molecule has 2 heterocycles. The van der Waals surface area contributed by atoms with Crippen molar-refractivity contribution >= 4 is 23.6 Å². The molecule has 1 atom stereocenters. The molecule has 1 aliphatic heterocycles. The minimum Gasteiger partial charge on any atom is -0.341 e. The molecule has 1 saturated carbocycles. The first-order valence-corrected chi connectivity index (χ1v) is 12.1. The summed E-state index contributed by atoms with van der Waals surface area (Å²) in [5.41, 5.74) is 1.46. The van der Waals surface area contributed by atoms with Crippen molar-refractivity contribution in [3.63, 3.8) is 0 Å². The Hall–Kier alpha value is -2.53. The van der Waals surface area contributed by atoms with E-state index in [-0.39, 0.29) is 11.2 Å². The summed E-state index contributed by atoms with van der Waals surface area (Å²) in [7, 11) is 0. The van der Waals surface area contributed by atoms with E-state index in [1.165, 1.54) is 17.3 Å². The highest BCUT2D eigenvalue weighted by molar-refractivity contribution is 8.00. The second-order valence-corrected chi connectivity index (χ2v) is 9.96. The van der Waals surface area contributed by atoms with E-state index >= 15 is 0 Å². The molecule has 2 fully saturated rings. The number of thioether (sulfide) groups is 1. The SMILES string of the molecule is Cc1ccc(-n2c(SC(C)C(=O)NC3(C#N)CCCCC3)nnc2N2CCCC2)cc1. The summed E-state index contributed by atoms with van der Waals surface area (Å²) in [6.07, 6.45) is 6.85. The van der Waals surface area contributed by atoms with Crippen LogP contribution in [0.5, 0.6) is 0 Å². The third-order valence-corrected chi connectivity index (χ3v) is 7.28. The van der Waals surface area contributed by atoms with Gasteiger partial charge in [-0.3, -0.25) is 9.36 Å². The predicted octanol–water partition coefficient (Wildman–Crippen LogP) is 4.00. The molecule has 7 nitrogen and oxygen atoms in total. The van der Waals surface area contributed by atoms with E-state index in [9.17, 15) is 10.1 Å². The molecule has 1 unspecified atom stereocenters. The zero-order valence-corrected chi connectivity index (χ0v) is 19.1. The van der Waals surface area contributed by atoms with Gasteiger partial charge in [0.25, 0.3) is 0 Å². The average molecular weight is 439 g/mol. The molecule has 1 N–H and O–H groups in total. The van der Waals surface area contributed by atoms with Crippen molar-refractivity contribution in [3.8, 4) is 11.8 Å². The average Bonchev–Trinajstić information content (AvgIpc) is 3.45. The lowest BCUT2D eigenvalue weighted by Gasteiger charge is -2.32. The number of carbonyl (C=O) groups is 1. The molecule has 8 heteroatoms. The normalized spacial score (nSPS) is 19.1. The van der Waals surface area contributed by atoms with Gasteiger partial charge in [0.05, 0.1) is 17.0 Å². The van der Waals surface area contributed by atoms with Crippen LogP contribution in [0.4, 0.5) is 5.95 Å². The Morgan fingerprint density at radius 1 is 1.13 bits per heavy atom. The van der Waals surface area contributed by atoms with Gasteiger partial charge in [0.15, 0.2) is 5.16 Å². The molecule has 1 aliphatic carbocycles. The molecule has 2 aromatic rings. The lowest BCUT2D eigenvalue weighted by atomic mass is 9.83. The molecule has 0 radical (unpaired) electrons. The fourth-order valence-corrected chi connectivity index (χ4v) is 5.21. The number of carbonyl (C=O) groups excluding carboxylic acids is 1. The zero-order valence-electron chi connectivity index (χ0n) is 18.3. The van der Waals surface area contributed by atoms with Crippen molar-refractivity contribution in [3.05, 3.63) is 29.8 Å². The molecule has 0 bridgehead atoms. The molecular formula is C23H30N6OS. The summed E-state index contributed by atoms with van der Waals surface area (Å²) in [6, 6.07) is 10.7. The maximum atomic E-state index is 13.0. The minimum absolute atomic E-state index is 0.116. The lowest BCUT2D eigenvalue weighted by Crippen LogP contribution is -2.51. The van der Waals surface area contributed by atoms with E-state index in [0.717, 1.165) is 69.7 Å². The van der Waals surface area contributed by atoms with E-state index in [1.807, 2.05) is 6.92 Å². The summed E-state index contributed by atoms with van der Waals surface area (Å²) in [4.78, 5) is 15.2. The molecular weight excluding hydrogens is 408 g/mol. The maximum absolute atomic E-state index is 13.0. The second kappa shape index (κ2) is 9.31. The van der Waals surface area contributed by atoms with Gasteiger partial charge in [0.2, 0.25) is 11.9 Å². The number of nitrogens with zero attached hydrogens (tertiary/aromatic N) is 5. The van der Waals surface area contributed by atoms with Gasteiger partial charge in [-0.25, -0.2) is 0 Å². The molecule has 2 aliphatic rings. The number of anilines is 1. The van der Waals surface area contributed by atoms with Gasteiger partial charge >= 0.3 is 0 Å². The Balaban J connectivity index is 1.56. The van der Waals surface area contributed by atoms with Crippen molar-refractivity contribution in [1.82, 2.24) is 20.1 Å². The summed E-state index contributed by atoms with van der Waals surface area (Å²) in [5.74, 6) is 0.715. The third kappa shape index (κ3) is 4.72. The van der Waals surface area contributed by atoms with Crippen LogP contribution in [0.15, 0.2) is 29.4 Å². The highest BCUT2D eigenvalue weighted by Crippen LogP contribution is 2.32. The highest BCUT2D eigenvalue weighted by Gasteiger charge is 2.35. The fourth-order valence-electron chi connectivity index (χ4n) is 4.35. The zero-order chi connectivity index (χ0) is 21.8. The number of hydrogen-bond donors (Lipinski definition) is 1. The van der Waals surface area contributed by atoms with Gasteiger partial charge < -0.3 is 10.2 Å². The van der Waals surface area contributed by atoms with Crippen LogP contribution in [0.1, 0.15) is 57.4 Å². The van der Waals surface area contributed by atoms with E-state index in [2.05, 4.69) is 62.2 Å². The standard InChI is InChI=1S/C23H30N6OS/c1-17-8-10-19(11-9-17)29-21(28-14-6-7-15-28)26-27-22(29)31-18(2)20(30)25-23(16-24)12-4-3-5-13-23/h8-11,18H,3-7,12-15H2,1-2H3,(H,25,30). The molecule has 164 valence electrons. The Morgan fingerprint density at radius 3 is 2.45 bits per heavy atom. The van der Waals surface area contributed by atoms with Crippen LogP contribution in [-0.4, -0.2) is 44.6 Å². The van der Waals surface area contributed by atoms with Crippen LogP contribution in [0.25, 0.3) is 5.69 Å². The van der Waals surface area contributed by atoms with E-state index < -0.39 is 5.54 Å². The van der Waals surface area contributed by atoms with E-state index in [0.29, 0.717) is 5.16 Å². The van der Waals surface area contributed by atoms with Crippen LogP contribution in [-0.2, 0) is 4.79 Å². The Labute approximate surface area is 188 Å². The Bertz CT molecular complexity index is 951. The van der Waals surface area contributed by atoms with E-state index in [1.54, 1.807) is 0 Å². The van der Waals surface area contributed by atoms with Gasteiger partial charge in [0.1, 0.15) is 5.54 Å². The third-order valence-electron chi connectivity index (χ3n) is 6.23. The van der Waals surface area contributed by atoms with Crippen molar-refractivity contribution in [2.75, 3.05) is 18.0 Å². The molecule has 1 amide bonds. The van der Waals surface area contributed by atoms with Crippen molar-refractivity contribution in [2.24, 2.45) is 0 Å². The predicted molar refractivity (Wildman–Crippen MR) is 122 cm³/mol. The van der Waals surface area contributed by atoms with Gasteiger partial charge in [-0.2, -0.15) is 5.26 Å². The number of aryl methyl sites for hydroxylation is 1. The number of aromatic nitrogens is 3. The lowest BCUT2D eigenvalue weighted by molar-refractivity contribution is -0.121. The smallest absolute Gasteiger partial charge is 0.234 e. The topological polar surface area (TPSA) is 86.8 Å². The minimum atomic E-state index is -0.727. The van der Waals surface area contributed by atoms with Crippen LogP contribution in [0.3, 0.4) is 0 Å². The molecule has 1 aromatic carbocycles. The number of hydrogen-bond acceptors (Lipinski definition) is 6. The first-order chi connectivity index (χ1) is 15.0. The van der Waals surface area contributed by atoms with Crippen LogP contribution >= 0.6 is 11.8 Å². The number of nitrogens with one attached hydrogen (secondary N) is 1. The number of amides is 1. The van der Waals surface area contributed by atoms with Crippen molar-refractivity contribution < 1.29 is 4.79 Å². The molecule has 1 saturated heterocycles. The summed E-state index contributed by atoms with van der Waals surface area (Å²) in [5, 5.41) is 22.0. The van der Waals surface area contributed by atoms with Gasteiger partial charge in [-0.05, 0) is 51.7 Å². The van der Waals surface area contributed by atoms with E-state index in [4.69, 9.17) is 0 Å². The fraction of sp³-hybridized carbons (Fsp3) is 0.565. The summed E-state index contributed by atoms with van der Waals surface area (Å²) in [6.45, 7) is 5.87. The van der Waals surface area contributed by atoms with Crippen molar-refractivity contribution in [1.29, 1.82) is 5.26 Å². The molecule has 31 heavy (non-hydrogen) atoms. The number of rotatable bonds is 6. The first-order valence-electron chi connectivity index (χ1n) is 11.2. The summed E-state index contributed by atoms with van der Waals surface area (Å²) < 4.78 is 2.06. The van der Waals surface area contributed by atoms with Crippen LogP contribution in [0.2, 0.25) is 0 Å². The second-order valence-electron chi connectivity index (χ2n) is 8.65. The van der Waals surface area contributed by atoms with Crippen molar-refractivity contribution in [2.45, 2.75) is 74.7 Å². The van der Waals surface area contributed by atoms with Crippen LogP contribution < -0.4 is 10.2 Å². The Kier molecular flexibility index (Phi) is 6.51. The van der Waals surface area contributed by atoms with Gasteiger partial charge in [-0.1, -0.05) is 48.7 Å². The highest BCUT2D eigenvalue weighted by atomic mass is 32.2. The van der Waals surface area contributed by atoms with Gasteiger partial charge in [0, 0.05) is 13.1 Å². The van der Waals surface area contributed by atoms with Gasteiger partial charge in [-0.15, -0.1) is 10.2 Å². The largest absolute Gasteiger partial charge is 0.341 e. The summed E-state index contributed by atoms with van der Waals surface area (Å²) >= 11 is 1.40. The monoisotopic (exact) mass is 438 g/mol. The molecule has 1 aromatic heterocycles. The Morgan fingerprint density at radius 2 is 1.81 bits per heavy atom. The number of benzene rings is 1. The maximum Gasteiger partial charge on any atom is 0.234 e. The molecule has 0 spiro atoms.